The Hall–Kier alpha value is -2.43. The van der Waals surface area contributed by atoms with Crippen molar-refractivity contribution in [3.63, 3.8) is 0 Å². The minimum atomic E-state index is -6.42. The molecule has 9 nitrogen and oxygen atoms in total. The van der Waals surface area contributed by atoms with Gasteiger partial charge in [0.2, 0.25) is 5.79 Å². The summed E-state index contributed by atoms with van der Waals surface area (Å²) in [6.07, 6.45) is 0. The number of halogens is 6. The zero-order chi connectivity index (χ0) is 22.6. The van der Waals surface area contributed by atoms with Gasteiger partial charge < -0.3 is 17.8 Å². The lowest BCUT2D eigenvalue weighted by Crippen LogP contribution is -2.39. The Balaban J connectivity index is 2.67. The molecule has 0 amide bonds. The van der Waals surface area contributed by atoms with Gasteiger partial charge in [-0.3, -0.25) is 0 Å². The van der Waals surface area contributed by atoms with E-state index >= 15 is 0 Å². The topological polar surface area (TPSA) is 122 Å². The zero-order valence-electron chi connectivity index (χ0n) is 13.9. The minimum absolute atomic E-state index is 0.00829. The van der Waals surface area contributed by atoms with E-state index in [1.165, 1.54) is 0 Å². The Morgan fingerprint density at radius 3 is 1.83 bits per heavy atom. The molecule has 0 aliphatic carbocycles. The van der Waals surface area contributed by atoms with Gasteiger partial charge in [-0.15, -0.1) is 0 Å². The first kappa shape index (κ1) is 22.9. The number of rotatable bonds is 4. The molecule has 1 aliphatic rings. The first-order chi connectivity index (χ1) is 12.8. The largest absolute Gasteiger partial charge is 0.534 e. The second kappa shape index (κ2) is 6.54. The van der Waals surface area contributed by atoms with Crippen LogP contribution in [0, 0.1) is 0 Å². The molecule has 1 aromatic rings. The normalized spacial score (nSPS) is 17.0. The average Bonchev–Trinajstić information content (AvgIpc) is 2.41. The smallest absolute Gasteiger partial charge is 0.452 e. The molecule has 17 heteroatoms. The Bertz CT molecular complexity index is 1050. The van der Waals surface area contributed by atoms with Crippen LogP contribution in [-0.4, -0.2) is 39.6 Å². The molecule has 0 unspecified atom stereocenters. The van der Waals surface area contributed by atoms with Crippen molar-refractivity contribution in [2.45, 2.75) is 30.7 Å². The Morgan fingerprint density at radius 2 is 1.34 bits per heavy atom. The van der Waals surface area contributed by atoms with Gasteiger partial charge in [-0.1, -0.05) is 0 Å². The molecule has 1 aromatic carbocycles. The summed E-state index contributed by atoms with van der Waals surface area (Å²) in [6.45, 7) is 2.22. The van der Waals surface area contributed by atoms with Crippen molar-refractivity contribution in [2.75, 3.05) is 0 Å². The molecule has 0 atom stereocenters. The molecule has 164 valence electrons. The summed E-state index contributed by atoms with van der Waals surface area (Å²) in [5.41, 5.74) is -13.0. The van der Waals surface area contributed by atoms with Crippen LogP contribution in [0.4, 0.5) is 26.3 Å². The number of benzene rings is 1. The molecule has 0 fully saturated rings. The van der Waals surface area contributed by atoms with Crippen molar-refractivity contribution < 1.29 is 65.8 Å². The summed E-state index contributed by atoms with van der Waals surface area (Å²) in [5.74, 6) is -7.00. The molecule has 2 rings (SSSR count). The number of carbonyl (C=O) groups is 1. The maximum atomic E-state index is 12.6. The van der Waals surface area contributed by atoms with Gasteiger partial charge in [-0.2, -0.15) is 43.2 Å². The van der Waals surface area contributed by atoms with Crippen molar-refractivity contribution in [1.29, 1.82) is 0 Å². The van der Waals surface area contributed by atoms with Gasteiger partial charge in [-0.25, -0.2) is 4.79 Å². The van der Waals surface area contributed by atoms with Crippen LogP contribution in [0.5, 0.6) is 17.2 Å². The van der Waals surface area contributed by atoms with Crippen molar-refractivity contribution >= 4 is 26.2 Å². The summed E-state index contributed by atoms with van der Waals surface area (Å²) >= 11 is 0. The van der Waals surface area contributed by atoms with Crippen LogP contribution in [0.3, 0.4) is 0 Å². The summed E-state index contributed by atoms with van der Waals surface area (Å²) < 4.78 is 137. The molecule has 0 aromatic heterocycles. The van der Waals surface area contributed by atoms with Crippen LogP contribution in [0.2, 0.25) is 0 Å². The maximum Gasteiger partial charge on any atom is 0.534 e. The SMILES string of the molecule is CC1(C)OC(=O)c2c(cc(OS(=O)(=O)C(F)(F)F)cc2OS(=O)(=O)C(F)(F)F)O1. The molecule has 0 saturated carbocycles. The summed E-state index contributed by atoms with van der Waals surface area (Å²) in [7, 11) is -12.7. The zero-order valence-corrected chi connectivity index (χ0v) is 15.5. The minimum Gasteiger partial charge on any atom is -0.452 e. The molecule has 0 spiro atoms. The van der Waals surface area contributed by atoms with E-state index in [4.69, 9.17) is 4.74 Å². The maximum absolute atomic E-state index is 12.6. The highest BCUT2D eigenvalue weighted by molar-refractivity contribution is 7.88. The lowest BCUT2D eigenvalue weighted by molar-refractivity contribution is -0.127. The van der Waals surface area contributed by atoms with Gasteiger partial charge in [0.05, 0.1) is 0 Å². The van der Waals surface area contributed by atoms with Crippen LogP contribution in [-0.2, 0) is 25.0 Å². The second-order valence-corrected chi connectivity index (χ2v) is 8.73. The van der Waals surface area contributed by atoms with Crippen molar-refractivity contribution in [1.82, 2.24) is 0 Å². The van der Waals surface area contributed by atoms with Gasteiger partial charge in [0.1, 0.15) is 17.1 Å². The number of cyclic esters (lactones) is 1. The number of ether oxygens (including phenoxy) is 2. The van der Waals surface area contributed by atoms with Crippen molar-refractivity contribution in [3.8, 4) is 17.2 Å². The predicted molar refractivity (Wildman–Crippen MR) is 77.8 cm³/mol. The van der Waals surface area contributed by atoms with Crippen molar-refractivity contribution in [3.05, 3.63) is 17.7 Å². The highest BCUT2D eigenvalue weighted by Crippen LogP contribution is 2.43. The van der Waals surface area contributed by atoms with E-state index in [0.717, 1.165) is 13.8 Å². The van der Waals surface area contributed by atoms with Crippen LogP contribution in [0.15, 0.2) is 12.1 Å². The first-order valence-corrected chi connectivity index (χ1v) is 9.69. The van der Waals surface area contributed by atoms with E-state index in [-0.39, 0.29) is 6.07 Å². The summed E-state index contributed by atoms with van der Waals surface area (Å²) in [6, 6.07) is 0.405. The predicted octanol–water partition coefficient (Wildman–Crippen LogP) is 2.43. The molecule has 0 radical (unpaired) electrons. The number of fused-ring (bicyclic) bond motifs is 1. The second-order valence-electron chi connectivity index (χ2n) is 5.65. The van der Waals surface area contributed by atoms with Gasteiger partial charge >= 0.3 is 37.2 Å². The van der Waals surface area contributed by atoms with Gasteiger partial charge in [0, 0.05) is 26.0 Å². The third-order valence-electron chi connectivity index (χ3n) is 2.91. The van der Waals surface area contributed by atoms with Crippen LogP contribution in [0.1, 0.15) is 24.2 Å². The van der Waals surface area contributed by atoms with Crippen LogP contribution >= 0.6 is 0 Å². The monoisotopic (exact) mass is 474 g/mol. The molecule has 0 saturated heterocycles. The third-order valence-corrected chi connectivity index (χ3v) is 4.85. The number of carbonyl (C=O) groups excluding carboxylic acids is 1. The number of hydrogen-bond donors (Lipinski definition) is 0. The van der Waals surface area contributed by atoms with E-state index < -0.39 is 65.8 Å². The Kier molecular flexibility index (Phi) is 5.16. The number of hydrogen-bond acceptors (Lipinski definition) is 9. The molecule has 0 N–H and O–H groups in total. The Labute approximate surface area is 158 Å². The van der Waals surface area contributed by atoms with Gasteiger partial charge in [0.25, 0.3) is 0 Å². The Morgan fingerprint density at radius 1 is 0.862 bits per heavy atom. The molecular formula is C12H8F6O9S2. The van der Waals surface area contributed by atoms with E-state index in [1.807, 2.05) is 0 Å². The van der Waals surface area contributed by atoms with E-state index in [2.05, 4.69) is 13.1 Å². The standard InChI is InChI=1S/C12H8F6O9S2/c1-10(2)24-6-3-5(26-28(20,21)11(13,14)15)4-7(8(6)9(19)25-10)27-29(22,23)12(16,17)18/h3-4H,1-2H3. The fraction of sp³-hybridized carbons (Fsp3) is 0.417. The van der Waals surface area contributed by atoms with Crippen molar-refractivity contribution in [2.24, 2.45) is 0 Å². The summed E-state index contributed by atoms with van der Waals surface area (Å²) in [4.78, 5) is 12.0. The lowest BCUT2D eigenvalue weighted by Gasteiger charge is -2.32. The number of esters is 1. The summed E-state index contributed by atoms with van der Waals surface area (Å²) in [5, 5.41) is 0. The van der Waals surface area contributed by atoms with E-state index in [0.29, 0.717) is 6.07 Å². The molecule has 0 bridgehead atoms. The first-order valence-electron chi connectivity index (χ1n) is 6.88. The van der Waals surface area contributed by atoms with Gasteiger partial charge in [0.15, 0.2) is 5.75 Å². The van der Waals surface area contributed by atoms with Crippen LogP contribution < -0.4 is 13.1 Å². The van der Waals surface area contributed by atoms with Gasteiger partial charge in [-0.05, 0) is 0 Å². The lowest BCUT2D eigenvalue weighted by atomic mass is 10.1. The average molecular weight is 474 g/mol. The van der Waals surface area contributed by atoms with Crippen LogP contribution in [0.25, 0.3) is 0 Å². The quantitative estimate of drug-likeness (QED) is 0.280. The molecule has 29 heavy (non-hydrogen) atoms. The fourth-order valence-electron chi connectivity index (χ4n) is 1.86. The molecular weight excluding hydrogens is 466 g/mol. The number of alkyl halides is 6. The molecule has 1 aliphatic heterocycles. The fourth-order valence-corrected chi connectivity index (χ4v) is 2.77. The van der Waals surface area contributed by atoms with E-state index in [1.54, 1.807) is 0 Å². The highest BCUT2D eigenvalue weighted by atomic mass is 32.2. The third kappa shape index (κ3) is 4.60. The molecule has 1 heterocycles. The van der Waals surface area contributed by atoms with E-state index in [9.17, 15) is 48.0 Å². The highest BCUT2D eigenvalue weighted by Gasteiger charge is 2.51.